The van der Waals surface area contributed by atoms with Crippen LogP contribution in [0.3, 0.4) is 0 Å². The largest absolute Gasteiger partial charge is 0.395 e. The van der Waals surface area contributed by atoms with Gasteiger partial charge in [-0.2, -0.15) is 0 Å². The zero-order valence-corrected chi connectivity index (χ0v) is 11.6. The van der Waals surface area contributed by atoms with Crippen molar-refractivity contribution in [1.82, 2.24) is 10.2 Å². The van der Waals surface area contributed by atoms with Gasteiger partial charge in [-0.3, -0.25) is 9.69 Å². The van der Waals surface area contributed by atoms with Gasteiger partial charge in [-0.25, -0.2) is 0 Å². The number of nitrogens with zero attached hydrogens (tertiary/aromatic N) is 1. The SMILES string of the molecule is CC(C)[C@@H](CNC(=O)C1(CO)CC1)N1CCCC1. The van der Waals surface area contributed by atoms with E-state index in [0.717, 1.165) is 32.5 Å². The molecule has 104 valence electrons. The minimum Gasteiger partial charge on any atom is -0.395 e. The number of aliphatic hydroxyl groups is 1. The molecule has 18 heavy (non-hydrogen) atoms. The summed E-state index contributed by atoms with van der Waals surface area (Å²) >= 11 is 0. The molecule has 2 aliphatic rings. The molecule has 1 atom stereocenters. The van der Waals surface area contributed by atoms with E-state index in [9.17, 15) is 9.90 Å². The van der Waals surface area contributed by atoms with Gasteiger partial charge >= 0.3 is 0 Å². The second-order valence-corrected chi connectivity index (χ2v) is 6.20. The van der Waals surface area contributed by atoms with Gasteiger partial charge in [0.1, 0.15) is 0 Å². The van der Waals surface area contributed by atoms with Gasteiger partial charge in [-0.15, -0.1) is 0 Å². The zero-order valence-electron chi connectivity index (χ0n) is 11.6. The summed E-state index contributed by atoms with van der Waals surface area (Å²) in [6.07, 6.45) is 4.23. The lowest BCUT2D eigenvalue weighted by molar-refractivity contribution is -0.128. The summed E-state index contributed by atoms with van der Waals surface area (Å²) in [7, 11) is 0. The Kier molecular flexibility index (Phi) is 4.28. The van der Waals surface area contributed by atoms with E-state index < -0.39 is 5.41 Å². The van der Waals surface area contributed by atoms with Crippen LogP contribution in [0.5, 0.6) is 0 Å². The van der Waals surface area contributed by atoms with E-state index in [1.165, 1.54) is 12.8 Å². The third-order valence-electron chi connectivity index (χ3n) is 4.49. The molecule has 0 spiro atoms. The van der Waals surface area contributed by atoms with E-state index in [4.69, 9.17) is 0 Å². The Hall–Kier alpha value is -0.610. The highest BCUT2D eigenvalue weighted by molar-refractivity contribution is 5.85. The van der Waals surface area contributed by atoms with E-state index >= 15 is 0 Å². The molecule has 1 heterocycles. The molecule has 0 aromatic carbocycles. The monoisotopic (exact) mass is 254 g/mol. The first-order valence-electron chi connectivity index (χ1n) is 7.22. The topological polar surface area (TPSA) is 52.6 Å². The maximum Gasteiger partial charge on any atom is 0.228 e. The van der Waals surface area contributed by atoms with Crippen molar-refractivity contribution in [2.75, 3.05) is 26.2 Å². The molecule has 1 aliphatic heterocycles. The molecule has 0 radical (unpaired) electrons. The number of aliphatic hydroxyl groups excluding tert-OH is 1. The van der Waals surface area contributed by atoms with Gasteiger partial charge in [0, 0.05) is 12.6 Å². The number of carbonyl (C=O) groups is 1. The smallest absolute Gasteiger partial charge is 0.228 e. The fourth-order valence-corrected chi connectivity index (χ4v) is 2.85. The van der Waals surface area contributed by atoms with Gasteiger partial charge in [0.2, 0.25) is 5.91 Å². The van der Waals surface area contributed by atoms with E-state index in [1.807, 2.05) is 0 Å². The Morgan fingerprint density at radius 3 is 2.39 bits per heavy atom. The Bertz CT molecular complexity index is 294. The highest BCUT2D eigenvalue weighted by atomic mass is 16.3. The van der Waals surface area contributed by atoms with Crippen LogP contribution in [0.4, 0.5) is 0 Å². The standard InChI is InChI=1S/C14H26N2O2/c1-11(2)12(16-7-3-4-8-16)9-15-13(18)14(10-17)5-6-14/h11-12,17H,3-10H2,1-2H3,(H,15,18)/t12-/m1/s1. The van der Waals surface area contributed by atoms with Gasteiger partial charge in [-0.1, -0.05) is 13.8 Å². The number of amides is 1. The van der Waals surface area contributed by atoms with Gasteiger partial charge < -0.3 is 10.4 Å². The predicted octanol–water partition coefficient (Wildman–Crippen LogP) is 0.995. The van der Waals surface area contributed by atoms with Crippen LogP contribution < -0.4 is 5.32 Å². The summed E-state index contributed by atoms with van der Waals surface area (Å²) in [6, 6.07) is 0.436. The lowest BCUT2D eigenvalue weighted by atomic mass is 10.0. The van der Waals surface area contributed by atoms with Gasteiger partial charge in [0.25, 0.3) is 0 Å². The minimum atomic E-state index is -0.438. The molecular weight excluding hydrogens is 228 g/mol. The van der Waals surface area contributed by atoms with Crippen LogP contribution in [0, 0.1) is 11.3 Å². The number of rotatable bonds is 6. The molecule has 2 N–H and O–H groups in total. The number of nitrogens with one attached hydrogen (secondary N) is 1. The third-order valence-corrected chi connectivity index (χ3v) is 4.49. The second kappa shape index (κ2) is 5.57. The van der Waals surface area contributed by atoms with Gasteiger partial charge in [0.15, 0.2) is 0 Å². The van der Waals surface area contributed by atoms with Gasteiger partial charge in [-0.05, 0) is 44.7 Å². The van der Waals surface area contributed by atoms with E-state index in [-0.39, 0.29) is 12.5 Å². The summed E-state index contributed by atoms with van der Waals surface area (Å²) in [6.45, 7) is 7.46. The molecule has 1 amide bonds. The molecular formula is C14H26N2O2. The lowest BCUT2D eigenvalue weighted by Crippen LogP contribution is -2.47. The summed E-state index contributed by atoms with van der Waals surface area (Å²) in [5.74, 6) is 0.600. The zero-order chi connectivity index (χ0) is 13.2. The molecule has 0 aromatic heterocycles. The molecule has 0 bridgehead atoms. The molecule has 4 heteroatoms. The van der Waals surface area contributed by atoms with Crippen molar-refractivity contribution in [3.05, 3.63) is 0 Å². The number of hydrogen-bond donors (Lipinski definition) is 2. The Morgan fingerprint density at radius 1 is 1.33 bits per heavy atom. The Labute approximate surface area is 110 Å². The minimum absolute atomic E-state index is 0.00507. The average molecular weight is 254 g/mol. The number of likely N-dealkylation sites (tertiary alicyclic amines) is 1. The van der Waals surface area contributed by atoms with Crippen molar-refractivity contribution >= 4 is 5.91 Å². The predicted molar refractivity (Wildman–Crippen MR) is 71.2 cm³/mol. The average Bonchev–Trinajstić information content (AvgIpc) is 2.98. The number of carbonyl (C=O) groups excluding carboxylic acids is 1. The lowest BCUT2D eigenvalue weighted by Gasteiger charge is -2.31. The van der Waals surface area contributed by atoms with Crippen molar-refractivity contribution in [3.8, 4) is 0 Å². The highest BCUT2D eigenvalue weighted by Crippen LogP contribution is 2.45. The first-order valence-corrected chi connectivity index (χ1v) is 7.22. The molecule has 1 aliphatic carbocycles. The molecule has 0 aromatic rings. The molecule has 2 rings (SSSR count). The van der Waals surface area contributed by atoms with Crippen LogP contribution >= 0.6 is 0 Å². The quantitative estimate of drug-likeness (QED) is 0.743. The molecule has 4 nitrogen and oxygen atoms in total. The fourth-order valence-electron chi connectivity index (χ4n) is 2.85. The van der Waals surface area contributed by atoms with Crippen molar-refractivity contribution in [1.29, 1.82) is 0 Å². The Balaban J connectivity index is 1.84. The van der Waals surface area contributed by atoms with Crippen LogP contribution in [-0.4, -0.2) is 48.2 Å². The van der Waals surface area contributed by atoms with Crippen molar-refractivity contribution in [2.24, 2.45) is 11.3 Å². The summed E-state index contributed by atoms with van der Waals surface area (Å²) in [4.78, 5) is 14.5. The summed E-state index contributed by atoms with van der Waals surface area (Å²) in [5, 5.41) is 12.3. The summed E-state index contributed by atoms with van der Waals surface area (Å²) in [5.41, 5.74) is -0.438. The van der Waals surface area contributed by atoms with Crippen molar-refractivity contribution in [2.45, 2.75) is 45.6 Å². The first kappa shape index (κ1) is 13.8. The van der Waals surface area contributed by atoms with Crippen LogP contribution in [-0.2, 0) is 4.79 Å². The highest BCUT2D eigenvalue weighted by Gasteiger charge is 2.49. The van der Waals surface area contributed by atoms with Crippen LogP contribution in [0.15, 0.2) is 0 Å². The molecule has 1 saturated heterocycles. The van der Waals surface area contributed by atoms with Crippen molar-refractivity contribution < 1.29 is 9.90 Å². The van der Waals surface area contributed by atoms with Gasteiger partial charge in [0.05, 0.1) is 12.0 Å². The van der Waals surface area contributed by atoms with E-state index in [0.29, 0.717) is 12.0 Å². The van der Waals surface area contributed by atoms with Crippen LogP contribution in [0.25, 0.3) is 0 Å². The fraction of sp³-hybridized carbons (Fsp3) is 0.929. The van der Waals surface area contributed by atoms with E-state index in [1.54, 1.807) is 0 Å². The van der Waals surface area contributed by atoms with Crippen LogP contribution in [0.1, 0.15) is 39.5 Å². The number of hydrogen-bond acceptors (Lipinski definition) is 3. The normalized spacial score (nSPS) is 24.2. The summed E-state index contributed by atoms with van der Waals surface area (Å²) < 4.78 is 0. The first-order chi connectivity index (χ1) is 8.59. The second-order valence-electron chi connectivity index (χ2n) is 6.20. The molecule has 2 fully saturated rings. The molecule has 1 saturated carbocycles. The maximum atomic E-state index is 12.0. The van der Waals surface area contributed by atoms with E-state index in [2.05, 4.69) is 24.1 Å². The van der Waals surface area contributed by atoms with Crippen LogP contribution in [0.2, 0.25) is 0 Å². The molecule has 0 unspecified atom stereocenters. The maximum absolute atomic E-state index is 12.0. The van der Waals surface area contributed by atoms with Crippen molar-refractivity contribution in [3.63, 3.8) is 0 Å². The Morgan fingerprint density at radius 2 is 1.94 bits per heavy atom. The third kappa shape index (κ3) is 2.86.